The predicted octanol–water partition coefficient (Wildman–Crippen LogP) is -4.15. The third-order valence-electron chi connectivity index (χ3n) is 2.99. The van der Waals surface area contributed by atoms with E-state index in [9.17, 15) is 25.9 Å². The molecule has 0 unspecified atom stereocenters. The van der Waals surface area contributed by atoms with Crippen LogP contribution in [-0.2, 0) is 29.2 Å². The second kappa shape index (κ2) is 18.1. The van der Waals surface area contributed by atoms with Crippen LogP contribution in [0.1, 0.15) is 64.2 Å². The van der Waals surface area contributed by atoms with E-state index in [1.54, 1.807) is 0 Å². The normalized spacial score (nSPS) is 11.6. The zero-order chi connectivity index (χ0) is 16.9. The van der Waals surface area contributed by atoms with E-state index in [0.29, 0.717) is 12.8 Å². The first-order valence-electron chi connectivity index (χ1n) is 7.41. The predicted molar refractivity (Wildman–Crippen MR) is 77.5 cm³/mol. The maximum absolute atomic E-state index is 10.2. The largest absolute Gasteiger partial charge is 1.00 e. The first kappa shape index (κ1) is 30.5. The van der Waals surface area contributed by atoms with Crippen molar-refractivity contribution < 1.29 is 93.4 Å². The molecule has 0 aromatic rings. The molecular weight excluding hydrogens is 382 g/mol. The molecule has 0 bridgehead atoms. The molecule has 0 amide bonds. The van der Waals surface area contributed by atoms with Crippen molar-refractivity contribution >= 4 is 20.8 Å². The molecule has 0 atom stereocenters. The third kappa shape index (κ3) is 28.5. The minimum absolute atomic E-state index is 0. The van der Waals surface area contributed by atoms with Crippen LogP contribution in [0.2, 0.25) is 0 Å². The Bertz CT molecular complexity index is 423. The summed E-state index contributed by atoms with van der Waals surface area (Å²) in [5.41, 5.74) is 0. The second-order valence-electron chi connectivity index (χ2n) is 5.00. The van der Waals surface area contributed by atoms with Crippen LogP contribution in [-0.4, -0.2) is 39.2 Å². The molecule has 0 heterocycles. The zero-order valence-corrected chi connectivity index (χ0v) is 20.2. The molecule has 0 saturated heterocycles. The summed E-state index contributed by atoms with van der Waals surface area (Å²) in [6, 6.07) is 0. The van der Waals surface area contributed by atoms with Crippen molar-refractivity contribution in [3.8, 4) is 0 Å². The molecule has 12 heteroatoms. The molecule has 24 heavy (non-hydrogen) atoms. The number of hydrogen-bond donors (Lipinski definition) is 0. The molecule has 0 N–H and O–H groups in total. The number of rotatable bonds is 15. The van der Waals surface area contributed by atoms with Crippen LogP contribution in [0, 0.1) is 0 Å². The Morgan fingerprint density at radius 2 is 0.708 bits per heavy atom. The van der Waals surface area contributed by atoms with Crippen molar-refractivity contribution in [3.05, 3.63) is 0 Å². The number of hydrogen-bond acceptors (Lipinski definition) is 8. The molecule has 0 saturated carbocycles. The van der Waals surface area contributed by atoms with Gasteiger partial charge in [0.2, 0.25) is 20.8 Å². The Morgan fingerprint density at radius 1 is 0.500 bits per heavy atom. The van der Waals surface area contributed by atoms with Crippen LogP contribution in [0.5, 0.6) is 0 Å². The van der Waals surface area contributed by atoms with Crippen molar-refractivity contribution in [2.75, 3.05) is 13.2 Å². The SMILES string of the molecule is O=S(=O)([O-])OCCCCCCCCCCCCOS(=O)(=O)[O-].[Na+].[Na+]. The van der Waals surface area contributed by atoms with Gasteiger partial charge in [-0.25, -0.2) is 16.8 Å². The second-order valence-corrected chi connectivity index (χ2v) is 7.10. The van der Waals surface area contributed by atoms with Gasteiger partial charge in [0.05, 0.1) is 13.2 Å². The fraction of sp³-hybridized carbons (Fsp3) is 1.00. The topological polar surface area (TPSA) is 133 Å². The summed E-state index contributed by atoms with van der Waals surface area (Å²) in [6.45, 7) is -0.0973. The van der Waals surface area contributed by atoms with Crippen molar-refractivity contribution in [1.82, 2.24) is 0 Å². The summed E-state index contributed by atoms with van der Waals surface area (Å²) in [5, 5.41) is 0. The molecule has 0 aromatic heterocycles. The van der Waals surface area contributed by atoms with Gasteiger partial charge in [0.25, 0.3) is 0 Å². The Labute approximate surface area is 189 Å². The summed E-state index contributed by atoms with van der Waals surface area (Å²) < 4.78 is 69.1. The van der Waals surface area contributed by atoms with Gasteiger partial charge in [0, 0.05) is 0 Å². The van der Waals surface area contributed by atoms with Gasteiger partial charge >= 0.3 is 59.1 Å². The fourth-order valence-corrected chi connectivity index (χ4v) is 2.58. The van der Waals surface area contributed by atoms with Gasteiger partial charge in [0.15, 0.2) is 0 Å². The average Bonchev–Trinajstić information content (AvgIpc) is 2.36. The van der Waals surface area contributed by atoms with Crippen LogP contribution in [0.3, 0.4) is 0 Å². The first-order chi connectivity index (χ1) is 10.2. The quantitative estimate of drug-likeness (QED) is 0.116. The smallest absolute Gasteiger partial charge is 0.726 e. The summed E-state index contributed by atoms with van der Waals surface area (Å²) in [4.78, 5) is 0. The molecule has 0 rings (SSSR count). The Kier molecular flexibility index (Phi) is 23.0. The monoisotopic (exact) mass is 406 g/mol. The van der Waals surface area contributed by atoms with E-state index in [2.05, 4.69) is 8.37 Å². The first-order valence-corrected chi connectivity index (χ1v) is 10.1. The van der Waals surface area contributed by atoms with E-state index in [-0.39, 0.29) is 72.3 Å². The van der Waals surface area contributed by atoms with Crippen molar-refractivity contribution in [1.29, 1.82) is 0 Å². The van der Waals surface area contributed by atoms with Gasteiger partial charge in [-0.15, -0.1) is 0 Å². The number of unbranched alkanes of at least 4 members (excludes halogenated alkanes) is 9. The molecule has 0 aliphatic carbocycles. The van der Waals surface area contributed by atoms with Crippen LogP contribution >= 0.6 is 0 Å². The van der Waals surface area contributed by atoms with Crippen LogP contribution in [0.15, 0.2) is 0 Å². The van der Waals surface area contributed by atoms with E-state index in [1.807, 2.05) is 0 Å². The summed E-state index contributed by atoms with van der Waals surface area (Å²) in [7, 11) is -9.11. The van der Waals surface area contributed by atoms with E-state index in [0.717, 1.165) is 51.4 Å². The van der Waals surface area contributed by atoms with E-state index in [4.69, 9.17) is 0 Å². The standard InChI is InChI=1S/C12H26O8S2.2Na/c13-21(14,15)19-11-9-7-5-3-1-2-4-6-8-10-12-20-22(16,17)18;;/h1-12H2,(H,13,14,15)(H,16,17,18);;/q;2*+1/p-2. The Hall–Kier alpha value is 1.74. The van der Waals surface area contributed by atoms with Crippen molar-refractivity contribution in [2.24, 2.45) is 0 Å². The van der Waals surface area contributed by atoms with Crippen LogP contribution < -0.4 is 59.1 Å². The Balaban J connectivity index is -0.00000220. The van der Waals surface area contributed by atoms with Crippen LogP contribution in [0.4, 0.5) is 0 Å². The molecule has 0 spiro atoms. The molecule has 8 nitrogen and oxygen atoms in total. The molecule has 134 valence electrons. The maximum Gasteiger partial charge on any atom is 1.00 e. The average molecular weight is 406 g/mol. The molecule has 0 radical (unpaired) electrons. The molecule has 0 aromatic carbocycles. The van der Waals surface area contributed by atoms with Crippen LogP contribution in [0.25, 0.3) is 0 Å². The third-order valence-corrected chi connectivity index (χ3v) is 3.90. The van der Waals surface area contributed by atoms with Gasteiger partial charge in [-0.3, -0.25) is 8.37 Å². The minimum Gasteiger partial charge on any atom is -0.726 e. The molecular formula is C12H24Na2O8S2. The van der Waals surface area contributed by atoms with Gasteiger partial charge in [-0.2, -0.15) is 0 Å². The summed E-state index contributed by atoms with van der Waals surface area (Å²) in [5.74, 6) is 0. The van der Waals surface area contributed by atoms with E-state index < -0.39 is 20.8 Å². The Morgan fingerprint density at radius 3 is 0.917 bits per heavy atom. The van der Waals surface area contributed by atoms with E-state index >= 15 is 0 Å². The zero-order valence-electron chi connectivity index (χ0n) is 14.6. The van der Waals surface area contributed by atoms with E-state index in [1.165, 1.54) is 0 Å². The minimum atomic E-state index is -4.56. The van der Waals surface area contributed by atoms with Gasteiger partial charge in [-0.1, -0.05) is 51.4 Å². The van der Waals surface area contributed by atoms with Gasteiger partial charge in [-0.05, 0) is 12.8 Å². The van der Waals surface area contributed by atoms with Crippen molar-refractivity contribution in [2.45, 2.75) is 64.2 Å². The van der Waals surface area contributed by atoms with Crippen molar-refractivity contribution in [3.63, 3.8) is 0 Å². The van der Waals surface area contributed by atoms with Gasteiger partial charge < -0.3 is 9.11 Å². The fourth-order valence-electron chi connectivity index (χ4n) is 1.94. The molecule has 0 aliphatic rings. The summed E-state index contributed by atoms with van der Waals surface area (Å²) >= 11 is 0. The molecule has 0 aliphatic heterocycles. The maximum atomic E-state index is 10.2. The summed E-state index contributed by atoms with van der Waals surface area (Å²) in [6.07, 6.45) is 8.96. The molecule has 0 fully saturated rings. The van der Waals surface area contributed by atoms with Gasteiger partial charge in [0.1, 0.15) is 0 Å².